The number of hydrogen-bond donors (Lipinski definition) is 1. The topological polar surface area (TPSA) is 69.6 Å². The van der Waals surface area contributed by atoms with Crippen LogP contribution in [0.3, 0.4) is 0 Å². The molecule has 0 unspecified atom stereocenters. The molecule has 6 nitrogen and oxygen atoms in total. The second-order valence-corrected chi connectivity index (χ2v) is 9.38. The molecule has 2 aromatic rings. The summed E-state index contributed by atoms with van der Waals surface area (Å²) in [6.07, 6.45) is 6.69. The number of thioether (sulfide) groups is 1. The van der Waals surface area contributed by atoms with E-state index in [0.29, 0.717) is 5.54 Å². The van der Waals surface area contributed by atoms with Crippen LogP contribution in [0, 0.1) is 0 Å². The molecule has 182 valence electrons. The van der Waals surface area contributed by atoms with Crippen LogP contribution < -0.4 is 4.90 Å². The molecular formula is C23H31F3N4O2S. The minimum atomic E-state index is -5.08. The largest absolute Gasteiger partial charge is 0.490 e. The van der Waals surface area contributed by atoms with Gasteiger partial charge in [-0.15, -0.1) is 11.8 Å². The van der Waals surface area contributed by atoms with Crippen molar-refractivity contribution in [1.82, 2.24) is 14.9 Å². The van der Waals surface area contributed by atoms with Gasteiger partial charge in [-0.3, -0.25) is 4.90 Å². The fourth-order valence-electron chi connectivity index (χ4n) is 4.80. The second kappa shape index (κ2) is 10.9. The van der Waals surface area contributed by atoms with E-state index in [1.54, 1.807) is 18.1 Å². The van der Waals surface area contributed by atoms with E-state index in [0.717, 1.165) is 24.4 Å². The van der Waals surface area contributed by atoms with Crippen molar-refractivity contribution in [3.8, 4) is 0 Å². The lowest BCUT2D eigenvalue weighted by Crippen LogP contribution is -2.56. The van der Waals surface area contributed by atoms with Gasteiger partial charge in [-0.05, 0) is 69.6 Å². The molecule has 0 radical (unpaired) electrons. The zero-order chi connectivity index (χ0) is 24.1. The first kappa shape index (κ1) is 25.6. The van der Waals surface area contributed by atoms with Gasteiger partial charge < -0.3 is 10.0 Å². The number of hydrogen-bond acceptors (Lipinski definition) is 6. The number of likely N-dealkylation sites (tertiary alicyclic amines) is 1. The zero-order valence-electron chi connectivity index (χ0n) is 19.1. The Kier molecular flexibility index (Phi) is 8.44. The predicted molar refractivity (Wildman–Crippen MR) is 125 cm³/mol. The number of halogens is 3. The molecule has 2 aliphatic heterocycles. The number of benzene rings is 1. The van der Waals surface area contributed by atoms with Crippen molar-refractivity contribution in [2.24, 2.45) is 0 Å². The summed E-state index contributed by atoms with van der Waals surface area (Å²) in [5.41, 5.74) is 1.46. The second-order valence-electron chi connectivity index (χ2n) is 8.50. The minimum absolute atomic E-state index is 0.407. The number of aliphatic carboxylic acids is 1. The van der Waals surface area contributed by atoms with Crippen LogP contribution in [-0.4, -0.2) is 70.1 Å². The minimum Gasteiger partial charge on any atom is -0.475 e. The van der Waals surface area contributed by atoms with Crippen molar-refractivity contribution in [1.29, 1.82) is 0 Å². The molecule has 0 amide bonds. The number of carboxylic acids is 1. The third kappa shape index (κ3) is 6.09. The number of rotatable bonds is 4. The summed E-state index contributed by atoms with van der Waals surface area (Å²) in [6, 6.07) is 6.53. The molecule has 2 fully saturated rings. The normalized spacial score (nSPS) is 19.1. The lowest BCUT2D eigenvalue weighted by Gasteiger charge is -2.50. The van der Waals surface area contributed by atoms with E-state index in [1.165, 1.54) is 61.9 Å². The zero-order valence-corrected chi connectivity index (χ0v) is 19.9. The van der Waals surface area contributed by atoms with Crippen LogP contribution in [-0.2, 0) is 4.79 Å². The molecular weight excluding hydrogens is 453 g/mol. The van der Waals surface area contributed by atoms with Crippen molar-refractivity contribution in [3.63, 3.8) is 0 Å². The summed E-state index contributed by atoms with van der Waals surface area (Å²) >= 11 is 1.78. The Balaban J connectivity index is 0.000000383. The molecule has 2 saturated heterocycles. The van der Waals surface area contributed by atoms with Gasteiger partial charge in [0, 0.05) is 28.9 Å². The average Bonchev–Trinajstić information content (AvgIpc) is 2.83. The number of aromatic nitrogens is 2. The fraction of sp³-hybridized carbons (Fsp3) is 0.609. The Morgan fingerprint density at radius 2 is 1.76 bits per heavy atom. The highest BCUT2D eigenvalue weighted by Crippen LogP contribution is 2.37. The quantitative estimate of drug-likeness (QED) is 0.597. The molecule has 3 heterocycles. The number of alkyl halides is 3. The highest BCUT2D eigenvalue weighted by Gasteiger charge is 2.39. The number of carbonyl (C=O) groups is 1. The molecule has 33 heavy (non-hydrogen) atoms. The van der Waals surface area contributed by atoms with Crippen molar-refractivity contribution < 1.29 is 23.1 Å². The smallest absolute Gasteiger partial charge is 0.475 e. The molecule has 1 N–H and O–H groups in total. The van der Waals surface area contributed by atoms with Crippen LogP contribution in [0.1, 0.15) is 45.4 Å². The average molecular weight is 485 g/mol. The molecule has 0 spiro atoms. The molecule has 0 bridgehead atoms. The van der Waals surface area contributed by atoms with E-state index in [9.17, 15) is 13.2 Å². The van der Waals surface area contributed by atoms with Crippen LogP contribution in [0.4, 0.5) is 19.0 Å². The molecule has 0 aliphatic carbocycles. The van der Waals surface area contributed by atoms with Crippen LogP contribution in [0.2, 0.25) is 0 Å². The third-order valence-electron chi connectivity index (χ3n) is 6.74. The van der Waals surface area contributed by atoms with Crippen LogP contribution in [0.25, 0.3) is 10.9 Å². The number of piperidine rings is 2. The number of nitrogens with zero attached hydrogens (tertiary/aromatic N) is 4. The first-order valence-electron chi connectivity index (χ1n) is 11.3. The first-order chi connectivity index (χ1) is 15.7. The van der Waals surface area contributed by atoms with Crippen molar-refractivity contribution >= 4 is 34.5 Å². The molecule has 4 rings (SSSR count). The Hall–Kier alpha value is -2.07. The van der Waals surface area contributed by atoms with Gasteiger partial charge in [0.15, 0.2) is 0 Å². The van der Waals surface area contributed by atoms with Gasteiger partial charge in [0.1, 0.15) is 12.1 Å². The van der Waals surface area contributed by atoms with Crippen LogP contribution >= 0.6 is 11.8 Å². The Morgan fingerprint density at radius 3 is 2.30 bits per heavy atom. The summed E-state index contributed by atoms with van der Waals surface area (Å²) in [5, 5.41) is 8.32. The van der Waals surface area contributed by atoms with Gasteiger partial charge >= 0.3 is 12.1 Å². The van der Waals surface area contributed by atoms with Gasteiger partial charge in [0.2, 0.25) is 0 Å². The van der Waals surface area contributed by atoms with E-state index in [2.05, 4.69) is 51.1 Å². The molecule has 10 heteroatoms. The SMILES string of the molecule is CCC1(N2CCCCC2)CCN(c2ncnc3ccc(SC)cc23)CC1.O=C(O)C(F)(F)F. The van der Waals surface area contributed by atoms with Crippen LogP contribution in [0.15, 0.2) is 29.4 Å². The van der Waals surface area contributed by atoms with E-state index in [1.807, 2.05) is 0 Å². The van der Waals surface area contributed by atoms with Gasteiger partial charge in [-0.1, -0.05) is 13.3 Å². The van der Waals surface area contributed by atoms with E-state index < -0.39 is 12.1 Å². The van der Waals surface area contributed by atoms with E-state index in [-0.39, 0.29) is 0 Å². The van der Waals surface area contributed by atoms with Crippen LogP contribution in [0.5, 0.6) is 0 Å². The first-order valence-corrected chi connectivity index (χ1v) is 12.5. The van der Waals surface area contributed by atoms with E-state index >= 15 is 0 Å². The van der Waals surface area contributed by atoms with Crippen molar-refractivity contribution in [2.45, 2.75) is 62.1 Å². The highest BCUT2D eigenvalue weighted by molar-refractivity contribution is 7.98. The summed E-state index contributed by atoms with van der Waals surface area (Å²) in [7, 11) is 0. The predicted octanol–water partition coefficient (Wildman–Crippen LogP) is 5.22. The lowest BCUT2D eigenvalue weighted by molar-refractivity contribution is -0.192. The molecule has 2 aliphatic rings. The van der Waals surface area contributed by atoms with Gasteiger partial charge in [0.25, 0.3) is 0 Å². The number of carboxylic acid groups (broad SMARTS) is 1. The number of anilines is 1. The fourth-order valence-corrected chi connectivity index (χ4v) is 5.24. The summed E-state index contributed by atoms with van der Waals surface area (Å²) < 4.78 is 31.7. The maximum atomic E-state index is 10.6. The van der Waals surface area contributed by atoms with Crippen molar-refractivity contribution in [2.75, 3.05) is 37.3 Å². The van der Waals surface area contributed by atoms with E-state index in [4.69, 9.17) is 9.90 Å². The standard InChI is InChI=1S/C21H30N4S.C2HF3O2/c1-3-21(25-11-5-4-6-12-25)9-13-24(14-10-21)20-18-15-17(26-2)7-8-19(18)22-16-23-20;3-2(4,5)1(6)7/h7-8,15-16H,3-6,9-14H2,1-2H3;(H,6,7). The Morgan fingerprint density at radius 1 is 1.12 bits per heavy atom. The molecule has 1 aromatic heterocycles. The van der Waals surface area contributed by atoms with Gasteiger partial charge in [0.05, 0.1) is 5.52 Å². The number of fused-ring (bicyclic) bond motifs is 1. The highest BCUT2D eigenvalue weighted by atomic mass is 32.2. The summed E-state index contributed by atoms with van der Waals surface area (Å²) in [6.45, 7) is 7.16. The summed E-state index contributed by atoms with van der Waals surface area (Å²) in [4.78, 5) is 24.6. The van der Waals surface area contributed by atoms with Gasteiger partial charge in [-0.25, -0.2) is 14.8 Å². The monoisotopic (exact) mass is 484 g/mol. The Bertz CT molecular complexity index is 943. The third-order valence-corrected chi connectivity index (χ3v) is 7.47. The molecule has 0 saturated carbocycles. The summed E-state index contributed by atoms with van der Waals surface area (Å²) in [5.74, 6) is -1.64. The molecule has 0 atom stereocenters. The maximum absolute atomic E-state index is 10.6. The lowest BCUT2D eigenvalue weighted by atomic mass is 9.82. The van der Waals surface area contributed by atoms with Gasteiger partial charge in [-0.2, -0.15) is 13.2 Å². The van der Waals surface area contributed by atoms with Crippen molar-refractivity contribution in [3.05, 3.63) is 24.5 Å². The Labute approximate surface area is 196 Å². The molecule has 1 aromatic carbocycles. The maximum Gasteiger partial charge on any atom is 0.490 e.